The summed E-state index contributed by atoms with van der Waals surface area (Å²) in [6.07, 6.45) is 0.537. The van der Waals surface area contributed by atoms with Gasteiger partial charge in [-0.3, -0.25) is 4.79 Å². The Kier molecular flexibility index (Phi) is 8.12. The molecule has 23 heavy (non-hydrogen) atoms. The Bertz CT molecular complexity index is 604. The molecule has 0 aliphatic rings. The molecule has 0 bridgehead atoms. The summed E-state index contributed by atoms with van der Waals surface area (Å²) in [7, 11) is 0. The Morgan fingerprint density at radius 1 is 1.30 bits per heavy atom. The first-order chi connectivity index (χ1) is 10.8. The first-order valence-corrected chi connectivity index (χ1v) is 8.30. The average Bonchev–Trinajstić information content (AvgIpc) is 2.50. The van der Waals surface area contributed by atoms with E-state index in [0.29, 0.717) is 16.9 Å². The van der Waals surface area contributed by atoms with Crippen LogP contribution in [0.4, 0.5) is 4.39 Å². The van der Waals surface area contributed by atoms with Crippen LogP contribution in [-0.4, -0.2) is 30.9 Å². The number of ether oxygens (including phenoxy) is 2. The molecule has 126 valence electrons. The predicted molar refractivity (Wildman–Crippen MR) is 88.2 cm³/mol. The number of hydrogen-bond acceptors (Lipinski definition) is 5. The van der Waals surface area contributed by atoms with E-state index in [2.05, 4.69) is 6.58 Å². The van der Waals surface area contributed by atoms with Gasteiger partial charge in [-0.15, -0.1) is 11.8 Å². The van der Waals surface area contributed by atoms with Crippen molar-refractivity contribution in [3.63, 3.8) is 0 Å². The van der Waals surface area contributed by atoms with Crippen LogP contribution in [0, 0.1) is 5.82 Å². The van der Waals surface area contributed by atoms with Crippen LogP contribution in [-0.2, 0) is 25.5 Å². The Balaban J connectivity index is 2.39. The van der Waals surface area contributed by atoms with Gasteiger partial charge in [-0.25, -0.2) is 9.18 Å². The van der Waals surface area contributed by atoms with Crippen LogP contribution in [0.3, 0.4) is 0 Å². The van der Waals surface area contributed by atoms with Crippen molar-refractivity contribution in [2.45, 2.75) is 25.2 Å². The highest BCUT2D eigenvalue weighted by Crippen LogP contribution is 2.30. The lowest BCUT2D eigenvalue weighted by atomic mass is 10.1. The summed E-state index contributed by atoms with van der Waals surface area (Å²) in [4.78, 5) is 23.3. The number of thioether (sulfide) groups is 1. The van der Waals surface area contributed by atoms with E-state index < -0.39 is 11.9 Å². The molecule has 0 heterocycles. The van der Waals surface area contributed by atoms with Crippen molar-refractivity contribution in [3.05, 3.63) is 40.7 Å². The van der Waals surface area contributed by atoms with Crippen LogP contribution in [0.25, 0.3) is 0 Å². The highest BCUT2D eigenvalue weighted by atomic mass is 35.5. The van der Waals surface area contributed by atoms with Crippen molar-refractivity contribution >= 4 is 35.3 Å². The third-order valence-corrected chi connectivity index (χ3v) is 4.21. The Hall–Kier alpha value is -1.53. The second-order valence-corrected chi connectivity index (χ2v) is 6.08. The smallest absolute Gasteiger partial charge is 0.333 e. The maximum absolute atomic E-state index is 13.5. The van der Waals surface area contributed by atoms with E-state index in [1.807, 2.05) is 6.92 Å². The minimum atomic E-state index is -0.527. The number of hydrogen-bond donors (Lipinski definition) is 0. The van der Waals surface area contributed by atoms with Crippen molar-refractivity contribution in [1.82, 2.24) is 0 Å². The van der Waals surface area contributed by atoms with Gasteiger partial charge >= 0.3 is 11.9 Å². The molecule has 1 aromatic rings. The van der Waals surface area contributed by atoms with Gasteiger partial charge in [0.05, 0.1) is 10.8 Å². The molecule has 0 saturated heterocycles. The Labute approximate surface area is 144 Å². The molecule has 0 unspecified atom stereocenters. The lowest BCUT2D eigenvalue weighted by molar-refractivity contribution is -0.148. The van der Waals surface area contributed by atoms with Crippen LogP contribution in [0.5, 0.6) is 0 Å². The van der Waals surface area contributed by atoms with Gasteiger partial charge in [0.1, 0.15) is 19.0 Å². The van der Waals surface area contributed by atoms with E-state index in [4.69, 9.17) is 21.1 Å². The second kappa shape index (κ2) is 9.57. The van der Waals surface area contributed by atoms with E-state index in [1.54, 1.807) is 6.07 Å². The van der Waals surface area contributed by atoms with Crippen molar-refractivity contribution < 1.29 is 23.5 Å². The predicted octanol–water partition coefficient (Wildman–Crippen LogP) is 3.80. The van der Waals surface area contributed by atoms with E-state index >= 15 is 0 Å². The molecule has 4 nitrogen and oxygen atoms in total. The fourth-order valence-corrected chi connectivity index (χ4v) is 2.64. The van der Waals surface area contributed by atoms with Crippen LogP contribution in [0.1, 0.15) is 19.4 Å². The number of rotatable bonds is 8. The van der Waals surface area contributed by atoms with Crippen LogP contribution in [0.15, 0.2) is 29.2 Å². The minimum Gasteiger partial charge on any atom is -0.461 e. The molecule has 0 atom stereocenters. The molecular formula is C16H18ClFO4S. The molecule has 0 radical (unpaired) electrons. The van der Waals surface area contributed by atoms with Gasteiger partial charge in [0.2, 0.25) is 0 Å². The van der Waals surface area contributed by atoms with Gasteiger partial charge < -0.3 is 9.47 Å². The monoisotopic (exact) mass is 360 g/mol. The molecule has 1 rings (SSSR count). The molecule has 0 spiro atoms. The summed E-state index contributed by atoms with van der Waals surface area (Å²) in [5.41, 5.74) is 0.821. The van der Waals surface area contributed by atoms with Gasteiger partial charge in [0.15, 0.2) is 0 Å². The number of carbonyl (C=O) groups excluding carboxylic acids is 2. The molecule has 0 N–H and O–H groups in total. The summed E-state index contributed by atoms with van der Waals surface area (Å²) < 4.78 is 23.2. The Morgan fingerprint density at radius 3 is 2.57 bits per heavy atom. The molecule has 0 saturated carbocycles. The summed E-state index contributed by atoms with van der Waals surface area (Å²) >= 11 is 7.12. The third-order valence-electron chi connectivity index (χ3n) is 2.76. The maximum atomic E-state index is 13.5. The van der Waals surface area contributed by atoms with E-state index in [9.17, 15) is 14.0 Å². The fraction of sp³-hybridized carbons (Fsp3) is 0.375. The molecule has 1 aromatic carbocycles. The molecule has 0 aliphatic carbocycles. The summed E-state index contributed by atoms with van der Waals surface area (Å²) in [5, 5.41) is 0.257. The fourth-order valence-electron chi connectivity index (χ4n) is 1.54. The summed E-state index contributed by atoms with van der Waals surface area (Å²) in [6, 6.07) is 2.87. The number of halogens is 2. The average molecular weight is 361 g/mol. The topological polar surface area (TPSA) is 52.6 Å². The zero-order chi connectivity index (χ0) is 17.4. The van der Waals surface area contributed by atoms with Crippen molar-refractivity contribution in [2.24, 2.45) is 0 Å². The molecule has 0 aromatic heterocycles. The minimum absolute atomic E-state index is 0.0284. The molecule has 0 amide bonds. The standard InChI is InChI=1S/C16H18ClFO4S/c1-4-11-7-14(12(17)8-13(11)18)23-9-15(19)21-5-6-22-16(20)10(2)3/h7-8H,2,4-6,9H2,1,3H3. The first-order valence-electron chi connectivity index (χ1n) is 6.94. The van der Waals surface area contributed by atoms with Gasteiger partial charge in [-0.1, -0.05) is 25.1 Å². The molecular weight excluding hydrogens is 343 g/mol. The zero-order valence-corrected chi connectivity index (χ0v) is 14.6. The van der Waals surface area contributed by atoms with Crippen molar-refractivity contribution in [2.75, 3.05) is 19.0 Å². The summed E-state index contributed by atoms with van der Waals surface area (Å²) in [6.45, 7) is 6.74. The number of aryl methyl sites for hydroxylation is 1. The lowest BCUT2D eigenvalue weighted by Gasteiger charge is -2.08. The highest BCUT2D eigenvalue weighted by Gasteiger charge is 2.11. The quantitative estimate of drug-likeness (QED) is 0.305. The van der Waals surface area contributed by atoms with Crippen molar-refractivity contribution in [3.8, 4) is 0 Å². The van der Waals surface area contributed by atoms with Gasteiger partial charge in [-0.2, -0.15) is 0 Å². The number of benzene rings is 1. The first kappa shape index (κ1) is 19.5. The molecule has 0 aliphatic heterocycles. The second-order valence-electron chi connectivity index (χ2n) is 4.65. The normalized spacial score (nSPS) is 10.3. The highest BCUT2D eigenvalue weighted by molar-refractivity contribution is 8.00. The maximum Gasteiger partial charge on any atom is 0.333 e. The van der Waals surface area contributed by atoms with Gasteiger partial charge in [0.25, 0.3) is 0 Å². The lowest BCUT2D eigenvalue weighted by Crippen LogP contribution is -2.15. The third kappa shape index (κ3) is 6.62. The largest absolute Gasteiger partial charge is 0.461 e. The number of carbonyl (C=O) groups is 2. The number of esters is 2. The molecule has 7 heteroatoms. The van der Waals surface area contributed by atoms with E-state index in [-0.39, 0.29) is 35.4 Å². The van der Waals surface area contributed by atoms with Crippen LogP contribution < -0.4 is 0 Å². The summed E-state index contributed by atoms with van der Waals surface area (Å²) in [5.74, 6) is -1.33. The Morgan fingerprint density at radius 2 is 1.96 bits per heavy atom. The van der Waals surface area contributed by atoms with Crippen LogP contribution >= 0.6 is 23.4 Å². The zero-order valence-electron chi connectivity index (χ0n) is 13.0. The van der Waals surface area contributed by atoms with Gasteiger partial charge in [-0.05, 0) is 31.0 Å². The van der Waals surface area contributed by atoms with Crippen LogP contribution in [0.2, 0.25) is 5.02 Å². The molecule has 0 fully saturated rings. The SMILES string of the molecule is C=C(C)C(=O)OCCOC(=O)CSc1cc(CC)c(F)cc1Cl. The van der Waals surface area contributed by atoms with Gasteiger partial charge in [0, 0.05) is 10.5 Å². The van der Waals surface area contributed by atoms with E-state index in [0.717, 1.165) is 0 Å². The van der Waals surface area contributed by atoms with E-state index in [1.165, 1.54) is 24.8 Å². The van der Waals surface area contributed by atoms with Crippen molar-refractivity contribution in [1.29, 1.82) is 0 Å².